The molecule has 4 nitrogen and oxygen atoms in total. The van der Waals surface area contributed by atoms with Crippen LogP contribution in [0.1, 0.15) is 25.7 Å². The van der Waals surface area contributed by atoms with E-state index in [1.807, 2.05) is 0 Å². The Morgan fingerprint density at radius 1 is 1.25 bits per heavy atom. The van der Waals surface area contributed by atoms with Gasteiger partial charge < -0.3 is 10.2 Å². The fourth-order valence-corrected chi connectivity index (χ4v) is 2.19. The van der Waals surface area contributed by atoms with Crippen LogP contribution in [0.2, 0.25) is 0 Å². The van der Waals surface area contributed by atoms with E-state index in [0.717, 1.165) is 25.7 Å². The Morgan fingerprint density at radius 2 is 1.81 bits per heavy atom. The van der Waals surface area contributed by atoms with E-state index in [1.54, 1.807) is 19.0 Å². The number of hydrogen-bond donors (Lipinski definition) is 1. The normalized spacial score (nSPS) is 24.9. The van der Waals surface area contributed by atoms with Crippen LogP contribution in [-0.2, 0) is 9.59 Å². The molecule has 0 aromatic carbocycles. The van der Waals surface area contributed by atoms with Crippen LogP contribution in [0.4, 0.5) is 0 Å². The molecule has 1 fully saturated rings. The lowest BCUT2D eigenvalue weighted by Gasteiger charge is -2.29. The molecule has 0 aromatic rings. The van der Waals surface area contributed by atoms with Gasteiger partial charge in [0.2, 0.25) is 11.8 Å². The summed E-state index contributed by atoms with van der Waals surface area (Å²) < 4.78 is 0. The van der Waals surface area contributed by atoms with Crippen molar-refractivity contribution < 1.29 is 9.59 Å². The van der Waals surface area contributed by atoms with Crippen molar-refractivity contribution in [2.75, 3.05) is 20.0 Å². The van der Waals surface area contributed by atoms with Gasteiger partial charge in [-0.2, -0.15) is 0 Å². The van der Waals surface area contributed by atoms with Gasteiger partial charge in [-0.15, -0.1) is 11.6 Å². The molecular formula is C11H19ClN2O2. The smallest absolute Gasteiger partial charge is 0.235 e. The molecule has 1 rings (SSSR count). The molecule has 1 aliphatic rings. The minimum Gasteiger partial charge on any atom is -0.352 e. The highest BCUT2D eigenvalue weighted by Gasteiger charge is 2.27. The summed E-state index contributed by atoms with van der Waals surface area (Å²) in [5, 5.41) is 2.86. The zero-order chi connectivity index (χ0) is 12.1. The Labute approximate surface area is 101 Å². The molecule has 16 heavy (non-hydrogen) atoms. The van der Waals surface area contributed by atoms with Crippen molar-refractivity contribution in [2.24, 2.45) is 5.92 Å². The lowest BCUT2D eigenvalue weighted by molar-refractivity contribution is -0.134. The van der Waals surface area contributed by atoms with Crippen LogP contribution in [0.25, 0.3) is 0 Å². The molecule has 0 unspecified atom stereocenters. The topological polar surface area (TPSA) is 49.4 Å². The lowest BCUT2D eigenvalue weighted by atomic mass is 9.85. The highest BCUT2D eigenvalue weighted by atomic mass is 35.5. The number of amides is 2. The van der Waals surface area contributed by atoms with Crippen LogP contribution >= 0.6 is 11.6 Å². The van der Waals surface area contributed by atoms with Crippen LogP contribution in [0.3, 0.4) is 0 Å². The zero-order valence-electron chi connectivity index (χ0n) is 9.83. The van der Waals surface area contributed by atoms with E-state index in [1.165, 1.54) is 0 Å². The van der Waals surface area contributed by atoms with Gasteiger partial charge in [-0.1, -0.05) is 0 Å². The van der Waals surface area contributed by atoms with Gasteiger partial charge in [0.05, 0.1) is 0 Å². The number of nitrogens with zero attached hydrogens (tertiary/aromatic N) is 1. The maximum atomic E-state index is 11.7. The number of halogens is 1. The van der Waals surface area contributed by atoms with Crippen LogP contribution < -0.4 is 5.32 Å². The van der Waals surface area contributed by atoms with Gasteiger partial charge >= 0.3 is 0 Å². The first-order chi connectivity index (χ1) is 7.54. The van der Waals surface area contributed by atoms with E-state index in [9.17, 15) is 9.59 Å². The largest absolute Gasteiger partial charge is 0.352 e. The molecule has 92 valence electrons. The predicted octanol–water partition coefficient (Wildman–Crippen LogP) is 0.988. The van der Waals surface area contributed by atoms with Gasteiger partial charge in [0, 0.05) is 26.1 Å². The van der Waals surface area contributed by atoms with E-state index in [-0.39, 0.29) is 29.7 Å². The summed E-state index contributed by atoms with van der Waals surface area (Å²) in [5.74, 6) is 0.210. The van der Waals surface area contributed by atoms with Crippen LogP contribution in [0.5, 0.6) is 0 Å². The fourth-order valence-electron chi connectivity index (χ4n) is 2.12. The predicted molar refractivity (Wildman–Crippen MR) is 63.3 cm³/mol. The molecule has 0 atom stereocenters. The van der Waals surface area contributed by atoms with Crippen molar-refractivity contribution in [2.45, 2.75) is 31.7 Å². The van der Waals surface area contributed by atoms with Gasteiger partial charge in [-0.3, -0.25) is 9.59 Å². The SMILES string of the molecule is CN(C)C(=O)C1CCC(NC(=O)CCl)CC1. The molecule has 5 heteroatoms. The number of carbonyl (C=O) groups is 2. The van der Waals surface area contributed by atoms with Crippen LogP contribution in [0.15, 0.2) is 0 Å². The molecular weight excluding hydrogens is 228 g/mol. The average molecular weight is 247 g/mol. The number of alkyl halides is 1. The first kappa shape index (κ1) is 13.3. The summed E-state index contributed by atoms with van der Waals surface area (Å²) in [6.45, 7) is 0. The van der Waals surface area contributed by atoms with E-state index < -0.39 is 0 Å². The quantitative estimate of drug-likeness (QED) is 0.755. The van der Waals surface area contributed by atoms with Crippen molar-refractivity contribution in [1.82, 2.24) is 10.2 Å². The standard InChI is InChI=1S/C11H19ClN2O2/c1-14(2)11(16)8-3-5-9(6-4-8)13-10(15)7-12/h8-9H,3-7H2,1-2H3,(H,13,15). The summed E-state index contributed by atoms with van der Waals surface area (Å²) in [4.78, 5) is 24.4. The maximum Gasteiger partial charge on any atom is 0.235 e. The van der Waals surface area contributed by atoms with E-state index >= 15 is 0 Å². The van der Waals surface area contributed by atoms with Gasteiger partial charge in [0.15, 0.2) is 0 Å². The van der Waals surface area contributed by atoms with Gasteiger partial charge in [-0.25, -0.2) is 0 Å². The highest BCUT2D eigenvalue weighted by Crippen LogP contribution is 2.25. The zero-order valence-corrected chi connectivity index (χ0v) is 10.6. The number of hydrogen-bond acceptors (Lipinski definition) is 2. The van der Waals surface area contributed by atoms with E-state index in [2.05, 4.69) is 5.32 Å². The second-order valence-corrected chi connectivity index (χ2v) is 4.75. The van der Waals surface area contributed by atoms with E-state index in [4.69, 9.17) is 11.6 Å². The molecule has 0 spiro atoms. The fraction of sp³-hybridized carbons (Fsp3) is 0.818. The Hall–Kier alpha value is -0.770. The summed E-state index contributed by atoms with van der Waals surface area (Å²) in [5.41, 5.74) is 0. The number of nitrogens with one attached hydrogen (secondary N) is 1. The minimum atomic E-state index is -0.121. The second-order valence-electron chi connectivity index (χ2n) is 4.48. The second kappa shape index (κ2) is 6.09. The third-order valence-electron chi connectivity index (χ3n) is 3.00. The Morgan fingerprint density at radius 3 is 2.25 bits per heavy atom. The van der Waals surface area contributed by atoms with Gasteiger partial charge in [0.1, 0.15) is 5.88 Å². The summed E-state index contributed by atoms with van der Waals surface area (Å²) in [7, 11) is 3.56. The Balaban J connectivity index is 2.34. The first-order valence-corrected chi connectivity index (χ1v) is 6.14. The van der Waals surface area contributed by atoms with Gasteiger partial charge in [-0.05, 0) is 25.7 Å². The van der Waals surface area contributed by atoms with Crippen LogP contribution in [-0.4, -0.2) is 42.7 Å². The summed E-state index contributed by atoms with van der Waals surface area (Å²) >= 11 is 5.42. The number of rotatable bonds is 3. The maximum absolute atomic E-state index is 11.7. The first-order valence-electron chi connectivity index (χ1n) is 5.61. The average Bonchev–Trinajstić information content (AvgIpc) is 2.28. The Kier molecular flexibility index (Phi) is 5.06. The van der Waals surface area contributed by atoms with E-state index in [0.29, 0.717) is 0 Å². The third kappa shape index (κ3) is 3.67. The molecule has 0 bridgehead atoms. The van der Waals surface area contributed by atoms with Gasteiger partial charge in [0.25, 0.3) is 0 Å². The molecule has 0 saturated heterocycles. The van der Waals surface area contributed by atoms with Crippen molar-refractivity contribution >= 4 is 23.4 Å². The monoisotopic (exact) mass is 246 g/mol. The lowest BCUT2D eigenvalue weighted by Crippen LogP contribution is -2.41. The van der Waals surface area contributed by atoms with Crippen molar-refractivity contribution in [3.05, 3.63) is 0 Å². The molecule has 1 aliphatic carbocycles. The molecule has 0 radical (unpaired) electrons. The van der Waals surface area contributed by atoms with Crippen molar-refractivity contribution in [3.8, 4) is 0 Å². The van der Waals surface area contributed by atoms with Crippen molar-refractivity contribution in [3.63, 3.8) is 0 Å². The third-order valence-corrected chi connectivity index (χ3v) is 3.25. The minimum absolute atomic E-state index is 0.0105. The molecule has 0 aliphatic heterocycles. The Bertz CT molecular complexity index is 261. The number of carbonyl (C=O) groups excluding carboxylic acids is 2. The summed E-state index contributed by atoms with van der Waals surface area (Å²) in [6.07, 6.45) is 3.44. The van der Waals surface area contributed by atoms with Crippen molar-refractivity contribution in [1.29, 1.82) is 0 Å². The van der Waals surface area contributed by atoms with Crippen LogP contribution in [0, 0.1) is 5.92 Å². The molecule has 0 heterocycles. The molecule has 0 aromatic heterocycles. The summed E-state index contributed by atoms with van der Waals surface area (Å²) in [6, 6.07) is 0.192. The molecule has 2 amide bonds. The highest BCUT2D eigenvalue weighted by molar-refractivity contribution is 6.27. The molecule has 1 N–H and O–H groups in total. The molecule has 1 saturated carbocycles.